The van der Waals surface area contributed by atoms with E-state index in [2.05, 4.69) is 26.3 Å². The number of amides is 1. The van der Waals surface area contributed by atoms with E-state index in [9.17, 15) is 4.79 Å². The Kier molecular flexibility index (Phi) is 5.41. The van der Waals surface area contributed by atoms with E-state index in [1.54, 1.807) is 12.3 Å². The second-order valence-corrected chi connectivity index (χ2v) is 6.30. The van der Waals surface area contributed by atoms with Gasteiger partial charge in [0, 0.05) is 37.7 Å². The highest BCUT2D eigenvalue weighted by molar-refractivity contribution is 5.93. The lowest BCUT2D eigenvalue weighted by Gasteiger charge is -2.21. The van der Waals surface area contributed by atoms with Gasteiger partial charge in [0.25, 0.3) is 5.91 Å². The molecule has 1 saturated heterocycles. The summed E-state index contributed by atoms with van der Waals surface area (Å²) in [6.07, 6.45) is 8.57. The summed E-state index contributed by atoms with van der Waals surface area (Å²) < 4.78 is 0. The predicted octanol–water partition coefficient (Wildman–Crippen LogP) is 3.10. The molecule has 2 aromatic heterocycles. The summed E-state index contributed by atoms with van der Waals surface area (Å²) in [7, 11) is 0. The Morgan fingerprint density at radius 2 is 1.83 bits per heavy atom. The molecule has 0 radical (unpaired) electrons. The molecule has 126 valence electrons. The van der Waals surface area contributed by atoms with Crippen LogP contribution in [-0.2, 0) is 6.54 Å². The second kappa shape index (κ2) is 7.90. The van der Waals surface area contributed by atoms with Gasteiger partial charge < -0.3 is 10.2 Å². The highest BCUT2D eigenvalue weighted by atomic mass is 16.1. The van der Waals surface area contributed by atoms with Crippen LogP contribution in [0.25, 0.3) is 0 Å². The summed E-state index contributed by atoms with van der Waals surface area (Å²) in [5, 5.41) is 2.91. The van der Waals surface area contributed by atoms with E-state index in [0.717, 1.165) is 30.2 Å². The maximum absolute atomic E-state index is 12.1. The molecule has 1 amide bonds. The molecule has 1 aliphatic heterocycles. The fourth-order valence-electron chi connectivity index (χ4n) is 2.89. The van der Waals surface area contributed by atoms with Crippen molar-refractivity contribution in [1.29, 1.82) is 0 Å². The topological polar surface area (TPSA) is 58.1 Å². The Balaban J connectivity index is 1.56. The van der Waals surface area contributed by atoms with E-state index in [1.165, 1.54) is 25.7 Å². The SMILES string of the molecule is Cc1ccc(C(=O)NCc2ccc(N3CCCCCC3)nc2)cn1. The summed E-state index contributed by atoms with van der Waals surface area (Å²) in [4.78, 5) is 23.2. The summed E-state index contributed by atoms with van der Waals surface area (Å²) in [6, 6.07) is 7.73. The number of nitrogens with one attached hydrogen (secondary N) is 1. The molecule has 0 aliphatic carbocycles. The van der Waals surface area contributed by atoms with Gasteiger partial charge in [-0.2, -0.15) is 0 Å². The third-order valence-corrected chi connectivity index (χ3v) is 4.37. The summed E-state index contributed by atoms with van der Waals surface area (Å²) in [5.41, 5.74) is 2.48. The third kappa shape index (κ3) is 4.31. The van der Waals surface area contributed by atoms with Crippen molar-refractivity contribution in [3.05, 3.63) is 53.5 Å². The Morgan fingerprint density at radius 3 is 2.46 bits per heavy atom. The number of carbonyl (C=O) groups excluding carboxylic acids is 1. The van der Waals surface area contributed by atoms with Crippen molar-refractivity contribution >= 4 is 11.7 Å². The van der Waals surface area contributed by atoms with E-state index >= 15 is 0 Å². The summed E-state index contributed by atoms with van der Waals surface area (Å²) in [6.45, 7) is 4.55. The number of rotatable bonds is 4. The van der Waals surface area contributed by atoms with Crippen molar-refractivity contribution in [2.24, 2.45) is 0 Å². The van der Waals surface area contributed by atoms with Crippen LogP contribution < -0.4 is 10.2 Å². The molecule has 2 aromatic rings. The lowest BCUT2D eigenvalue weighted by atomic mass is 10.2. The van der Waals surface area contributed by atoms with Crippen molar-refractivity contribution in [2.75, 3.05) is 18.0 Å². The van der Waals surface area contributed by atoms with Gasteiger partial charge in [-0.05, 0) is 43.5 Å². The van der Waals surface area contributed by atoms with Crippen molar-refractivity contribution in [3.63, 3.8) is 0 Å². The minimum Gasteiger partial charge on any atom is -0.357 e. The monoisotopic (exact) mass is 324 g/mol. The van der Waals surface area contributed by atoms with Gasteiger partial charge in [-0.3, -0.25) is 9.78 Å². The van der Waals surface area contributed by atoms with Crippen LogP contribution in [0.4, 0.5) is 5.82 Å². The molecular weight excluding hydrogens is 300 g/mol. The Labute approximate surface area is 143 Å². The lowest BCUT2D eigenvalue weighted by Crippen LogP contribution is -2.25. The number of hydrogen-bond donors (Lipinski definition) is 1. The number of hydrogen-bond acceptors (Lipinski definition) is 4. The first-order chi connectivity index (χ1) is 11.7. The molecule has 0 spiro atoms. The molecule has 1 fully saturated rings. The van der Waals surface area contributed by atoms with E-state index in [0.29, 0.717) is 12.1 Å². The fourth-order valence-corrected chi connectivity index (χ4v) is 2.89. The summed E-state index contributed by atoms with van der Waals surface area (Å²) >= 11 is 0. The molecule has 1 aliphatic rings. The molecule has 0 atom stereocenters. The van der Waals surface area contributed by atoms with E-state index < -0.39 is 0 Å². The van der Waals surface area contributed by atoms with E-state index in [-0.39, 0.29) is 5.91 Å². The van der Waals surface area contributed by atoms with Gasteiger partial charge in [0.2, 0.25) is 0 Å². The highest BCUT2D eigenvalue weighted by Crippen LogP contribution is 2.17. The molecule has 1 N–H and O–H groups in total. The highest BCUT2D eigenvalue weighted by Gasteiger charge is 2.11. The van der Waals surface area contributed by atoms with Crippen LogP contribution in [0.15, 0.2) is 36.7 Å². The van der Waals surface area contributed by atoms with Crippen molar-refractivity contribution < 1.29 is 4.79 Å². The van der Waals surface area contributed by atoms with Gasteiger partial charge in [0.1, 0.15) is 5.82 Å². The first-order valence-corrected chi connectivity index (χ1v) is 8.63. The average Bonchev–Trinajstić information content (AvgIpc) is 2.90. The van der Waals surface area contributed by atoms with Gasteiger partial charge in [-0.15, -0.1) is 0 Å². The van der Waals surface area contributed by atoms with Crippen LogP contribution in [0.1, 0.15) is 47.3 Å². The lowest BCUT2D eigenvalue weighted by molar-refractivity contribution is 0.0950. The van der Waals surface area contributed by atoms with Crippen LogP contribution in [0, 0.1) is 6.92 Å². The minimum atomic E-state index is -0.112. The van der Waals surface area contributed by atoms with Crippen LogP contribution in [0.2, 0.25) is 0 Å². The Morgan fingerprint density at radius 1 is 1.04 bits per heavy atom. The van der Waals surface area contributed by atoms with Crippen LogP contribution in [-0.4, -0.2) is 29.0 Å². The second-order valence-electron chi connectivity index (χ2n) is 6.30. The molecule has 24 heavy (non-hydrogen) atoms. The van der Waals surface area contributed by atoms with Gasteiger partial charge in [-0.25, -0.2) is 4.98 Å². The zero-order valence-corrected chi connectivity index (χ0v) is 14.2. The standard InChI is InChI=1S/C19H24N4O/c1-15-6-8-17(14-20-15)19(24)22-13-16-7-9-18(21-12-16)23-10-4-2-3-5-11-23/h6-9,12,14H,2-5,10-11,13H2,1H3,(H,22,24). The number of anilines is 1. The molecule has 5 heteroatoms. The molecule has 3 rings (SSSR count). The predicted molar refractivity (Wildman–Crippen MR) is 95.1 cm³/mol. The average molecular weight is 324 g/mol. The smallest absolute Gasteiger partial charge is 0.253 e. The number of carbonyl (C=O) groups is 1. The number of pyridine rings is 2. The maximum Gasteiger partial charge on any atom is 0.253 e. The zero-order chi connectivity index (χ0) is 16.8. The Hall–Kier alpha value is -2.43. The van der Waals surface area contributed by atoms with Gasteiger partial charge in [-0.1, -0.05) is 18.9 Å². The number of nitrogens with zero attached hydrogens (tertiary/aromatic N) is 3. The normalized spacial score (nSPS) is 15.0. The number of aryl methyl sites for hydroxylation is 1. The molecule has 0 aromatic carbocycles. The van der Waals surface area contributed by atoms with Gasteiger partial charge in [0.05, 0.1) is 5.56 Å². The van der Waals surface area contributed by atoms with E-state index in [4.69, 9.17) is 0 Å². The van der Waals surface area contributed by atoms with Gasteiger partial charge >= 0.3 is 0 Å². The molecule has 3 heterocycles. The quantitative estimate of drug-likeness (QED) is 0.939. The molecule has 5 nitrogen and oxygen atoms in total. The summed E-state index contributed by atoms with van der Waals surface area (Å²) in [5.74, 6) is 0.925. The van der Waals surface area contributed by atoms with Crippen molar-refractivity contribution in [1.82, 2.24) is 15.3 Å². The number of aromatic nitrogens is 2. The third-order valence-electron chi connectivity index (χ3n) is 4.37. The van der Waals surface area contributed by atoms with Crippen LogP contribution in [0.3, 0.4) is 0 Å². The zero-order valence-electron chi connectivity index (χ0n) is 14.2. The molecule has 0 saturated carbocycles. The van der Waals surface area contributed by atoms with Crippen molar-refractivity contribution in [2.45, 2.75) is 39.2 Å². The largest absolute Gasteiger partial charge is 0.357 e. The minimum absolute atomic E-state index is 0.112. The molecule has 0 unspecified atom stereocenters. The Bertz CT molecular complexity index is 659. The maximum atomic E-state index is 12.1. The molecular formula is C19H24N4O. The van der Waals surface area contributed by atoms with Crippen molar-refractivity contribution in [3.8, 4) is 0 Å². The van der Waals surface area contributed by atoms with E-state index in [1.807, 2.05) is 25.3 Å². The first-order valence-electron chi connectivity index (χ1n) is 8.63. The van der Waals surface area contributed by atoms with Crippen LogP contribution >= 0.6 is 0 Å². The van der Waals surface area contributed by atoms with Crippen LogP contribution in [0.5, 0.6) is 0 Å². The fraction of sp³-hybridized carbons (Fsp3) is 0.421. The van der Waals surface area contributed by atoms with Gasteiger partial charge in [0.15, 0.2) is 0 Å². The molecule has 0 bridgehead atoms. The first kappa shape index (κ1) is 16.4.